The fourth-order valence-electron chi connectivity index (χ4n) is 3.10. The molecule has 0 saturated heterocycles. The third-order valence-electron chi connectivity index (χ3n) is 4.63. The first kappa shape index (κ1) is 17.3. The Balaban J connectivity index is 1.22. The number of carbonyl (C=O) groups is 1. The van der Waals surface area contributed by atoms with E-state index in [2.05, 4.69) is 15.4 Å². The average molecular weight is 366 g/mol. The Morgan fingerprint density at radius 2 is 1.93 bits per heavy atom. The molecule has 1 aliphatic rings. The van der Waals surface area contributed by atoms with Crippen molar-refractivity contribution in [3.63, 3.8) is 0 Å². The van der Waals surface area contributed by atoms with Crippen LogP contribution in [0.5, 0.6) is 0 Å². The van der Waals surface area contributed by atoms with Crippen LogP contribution in [0.4, 0.5) is 4.39 Å². The number of rotatable bonds is 7. The summed E-state index contributed by atoms with van der Waals surface area (Å²) in [6.07, 6.45) is 1.23. The Labute approximate surface area is 156 Å². The molecule has 2 atom stereocenters. The van der Waals surface area contributed by atoms with Crippen molar-refractivity contribution in [2.45, 2.75) is 25.3 Å². The van der Waals surface area contributed by atoms with Gasteiger partial charge in [-0.2, -0.15) is 4.80 Å². The number of nitrogens with zero attached hydrogens (tertiary/aromatic N) is 4. The van der Waals surface area contributed by atoms with Gasteiger partial charge in [-0.1, -0.05) is 48.5 Å². The molecule has 27 heavy (non-hydrogen) atoms. The molecule has 1 aliphatic carbocycles. The molecule has 2 unspecified atom stereocenters. The van der Waals surface area contributed by atoms with E-state index in [0.717, 1.165) is 5.56 Å². The molecule has 1 aromatic heterocycles. The lowest BCUT2D eigenvalue weighted by atomic mass is 10.1. The zero-order chi connectivity index (χ0) is 18.6. The number of ether oxygens (including phenoxy) is 1. The Hall–Kier alpha value is -3.09. The summed E-state index contributed by atoms with van der Waals surface area (Å²) in [5, 5.41) is 12.4. The predicted molar refractivity (Wildman–Crippen MR) is 96.1 cm³/mol. The molecule has 2 aromatic carbocycles. The number of benzene rings is 2. The van der Waals surface area contributed by atoms with Crippen molar-refractivity contribution in [1.29, 1.82) is 0 Å². The number of hydrogen-bond acceptors (Lipinski definition) is 5. The highest BCUT2D eigenvalue weighted by Gasteiger charge is 2.46. The van der Waals surface area contributed by atoms with Gasteiger partial charge in [0, 0.05) is 17.9 Å². The van der Waals surface area contributed by atoms with E-state index in [1.54, 1.807) is 18.2 Å². The molecular weight excluding hydrogens is 347 g/mol. The van der Waals surface area contributed by atoms with Crippen LogP contribution >= 0.6 is 0 Å². The molecule has 0 bridgehead atoms. The lowest BCUT2D eigenvalue weighted by molar-refractivity contribution is -0.145. The molecule has 0 N–H and O–H groups in total. The van der Waals surface area contributed by atoms with Crippen molar-refractivity contribution >= 4 is 5.97 Å². The monoisotopic (exact) mass is 366 g/mol. The molecule has 0 amide bonds. The van der Waals surface area contributed by atoms with Crippen LogP contribution in [-0.4, -0.2) is 32.8 Å². The van der Waals surface area contributed by atoms with Gasteiger partial charge >= 0.3 is 5.97 Å². The van der Waals surface area contributed by atoms with Crippen LogP contribution < -0.4 is 0 Å². The highest BCUT2D eigenvalue weighted by atomic mass is 19.1. The first-order valence-corrected chi connectivity index (χ1v) is 8.96. The standard InChI is InChI=1S/C20H19FN4O2/c21-18-10-5-4-9-15(18)16-13-17(16)20(26)27-12-6-11-25-23-19(22-24-25)14-7-2-1-3-8-14/h1-5,7-10,16-17H,6,11-13H2. The molecule has 6 nitrogen and oxygen atoms in total. The second kappa shape index (κ2) is 7.65. The van der Waals surface area contributed by atoms with Gasteiger partial charge in [0.2, 0.25) is 5.82 Å². The number of hydrogen-bond donors (Lipinski definition) is 0. The van der Waals surface area contributed by atoms with Crippen LogP contribution in [0, 0.1) is 11.7 Å². The Kier molecular flexibility index (Phi) is 4.91. The van der Waals surface area contributed by atoms with Crippen molar-refractivity contribution in [2.24, 2.45) is 5.92 Å². The quantitative estimate of drug-likeness (QED) is 0.474. The van der Waals surface area contributed by atoms with Gasteiger partial charge in [0.15, 0.2) is 0 Å². The van der Waals surface area contributed by atoms with Crippen molar-refractivity contribution in [3.05, 3.63) is 66.0 Å². The second-order valence-corrected chi connectivity index (χ2v) is 6.57. The summed E-state index contributed by atoms with van der Waals surface area (Å²) in [6.45, 7) is 0.788. The molecule has 0 spiro atoms. The zero-order valence-corrected chi connectivity index (χ0v) is 14.7. The molecule has 1 heterocycles. The Morgan fingerprint density at radius 3 is 2.74 bits per heavy atom. The molecule has 3 aromatic rings. The number of carbonyl (C=O) groups excluding carboxylic acids is 1. The van der Waals surface area contributed by atoms with Crippen LogP contribution in [0.1, 0.15) is 24.3 Å². The fourth-order valence-corrected chi connectivity index (χ4v) is 3.10. The van der Waals surface area contributed by atoms with Crippen LogP contribution in [0.2, 0.25) is 0 Å². The predicted octanol–water partition coefficient (Wildman–Crippen LogP) is 3.22. The summed E-state index contributed by atoms with van der Waals surface area (Å²) in [6, 6.07) is 16.2. The Bertz CT molecular complexity index is 928. The number of esters is 1. The van der Waals surface area contributed by atoms with E-state index < -0.39 is 0 Å². The van der Waals surface area contributed by atoms with Gasteiger partial charge < -0.3 is 4.74 Å². The van der Waals surface area contributed by atoms with E-state index in [9.17, 15) is 9.18 Å². The first-order chi connectivity index (χ1) is 13.2. The van der Waals surface area contributed by atoms with Crippen LogP contribution in [-0.2, 0) is 16.1 Å². The Morgan fingerprint density at radius 1 is 1.15 bits per heavy atom. The van der Waals surface area contributed by atoms with Crippen molar-refractivity contribution in [3.8, 4) is 11.4 Å². The van der Waals surface area contributed by atoms with E-state index >= 15 is 0 Å². The van der Waals surface area contributed by atoms with E-state index in [-0.39, 0.29) is 30.2 Å². The number of aromatic nitrogens is 4. The normalized spacial score (nSPS) is 18.3. The summed E-state index contributed by atoms with van der Waals surface area (Å²) >= 11 is 0. The molecule has 1 fully saturated rings. The van der Waals surface area contributed by atoms with Gasteiger partial charge in [0.25, 0.3) is 0 Å². The van der Waals surface area contributed by atoms with Crippen LogP contribution in [0.15, 0.2) is 54.6 Å². The summed E-state index contributed by atoms with van der Waals surface area (Å²) < 4.78 is 19.1. The maximum Gasteiger partial charge on any atom is 0.309 e. The van der Waals surface area contributed by atoms with E-state index in [0.29, 0.717) is 30.8 Å². The van der Waals surface area contributed by atoms with Gasteiger partial charge in [0.05, 0.1) is 19.1 Å². The minimum atomic E-state index is -0.264. The van der Waals surface area contributed by atoms with E-state index in [4.69, 9.17) is 4.74 Å². The molecule has 0 aliphatic heterocycles. The highest BCUT2D eigenvalue weighted by Crippen LogP contribution is 2.48. The minimum absolute atomic E-state index is 0.0656. The van der Waals surface area contributed by atoms with Gasteiger partial charge in [-0.15, -0.1) is 10.2 Å². The van der Waals surface area contributed by atoms with Crippen molar-refractivity contribution in [1.82, 2.24) is 20.2 Å². The third kappa shape index (κ3) is 4.02. The van der Waals surface area contributed by atoms with Gasteiger partial charge in [-0.3, -0.25) is 4.79 Å². The summed E-state index contributed by atoms with van der Waals surface area (Å²) in [5.74, 6) is -0.262. The fraction of sp³-hybridized carbons (Fsp3) is 0.300. The molecular formula is C20H19FN4O2. The average Bonchev–Trinajstić information content (AvgIpc) is 3.35. The molecule has 138 valence electrons. The first-order valence-electron chi connectivity index (χ1n) is 8.96. The molecule has 1 saturated carbocycles. The van der Waals surface area contributed by atoms with Gasteiger partial charge in [-0.05, 0) is 23.3 Å². The highest BCUT2D eigenvalue weighted by molar-refractivity contribution is 5.77. The largest absolute Gasteiger partial charge is 0.465 e. The molecule has 0 radical (unpaired) electrons. The number of halogens is 1. The maximum atomic E-state index is 13.8. The minimum Gasteiger partial charge on any atom is -0.465 e. The van der Waals surface area contributed by atoms with Crippen LogP contribution in [0.25, 0.3) is 11.4 Å². The second-order valence-electron chi connectivity index (χ2n) is 6.57. The van der Waals surface area contributed by atoms with Crippen LogP contribution in [0.3, 0.4) is 0 Å². The van der Waals surface area contributed by atoms with E-state index in [1.165, 1.54) is 10.9 Å². The van der Waals surface area contributed by atoms with Crippen molar-refractivity contribution in [2.75, 3.05) is 6.61 Å². The SMILES string of the molecule is O=C(OCCCn1nnc(-c2ccccc2)n1)C1CC1c1ccccc1F. The topological polar surface area (TPSA) is 69.9 Å². The smallest absolute Gasteiger partial charge is 0.309 e. The maximum absolute atomic E-state index is 13.8. The summed E-state index contributed by atoms with van der Waals surface area (Å²) in [7, 11) is 0. The molecule has 4 rings (SSSR count). The third-order valence-corrected chi connectivity index (χ3v) is 4.63. The molecule has 7 heteroatoms. The van der Waals surface area contributed by atoms with Gasteiger partial charge in [-0.25, -0.2) is 4.39 Å². The van der Waals surface area contributed by atoms with E-state index in [1.807, 2.05) is 30.3 Å². The summed E-state index contributed by atoms with van der Waals surface area (Å²) in [5.41, 5.74) is 1.50. The number of tetrazole rings is 1. The lowest BCUT2D eigenvalue weighted by Gasteiger charge is -2.05. The van der Waals surface area contributed by atoms with Crippen molar-refractivity contribution < 1.29 is 13.9 Å². The zero-order valence-electron chi connectivity index (χ0n) is 14.7. The summed E-state index contributed by atoms with van der Waals surface area (Å²) in [4.78, 5) is 13.6. The number of aryl methyl sites for hydroxylation is 1. The van der Waals surface area contributed by atoms with Gasteiger partial charge in [0.1, 0.15) is 5.82 Å². The lowest BCUT2D eigenvalue weighted by Crippen LogP contribution is -2.12.